The van der Waals surface area contributed by atoms with Crippen molar-refractivity contribution in [3.8, 4) is 28.7 Å². The van der Waals surface area contributed by atoms with E-state index in [1.807, 2.05) is 24.3 Å². The zero-order chi connectivity index (χ0) is 22.5. The van der Waals surface area contributed by atoms with Gasteiger partial charge in [-0.1, -0.05) is 60.4 Å². The van der Waals surface area contributed by atoms with Crippen LogP contribution in [0.3, 0.4) is 0 Å². The van der Waals surface area contributed by atoms with Crippen LogP contribution in [0.5, 0.6) is 5.75 Å². The van der Waals surface area contributed by atoms with Crippen molar-refractivity contribution in [1.29, 1.82) is 0 Å². The first kappa shape index (κ1) is 21.0. The number of carboxylic acids is 1. The van der Waals surface area contributed by atoms with Gasteiger partial charge >= 0.3 is 12.1 Å². The Kier molecular flexibility index (Phi) is 6.09. The van der Waals surface area contributed by atoms with Gasteiger partial charge in [-0.25, -0.2) is 9.59 Å². The summed E-state index contributed by atoms with van der Waals surface area (Å²) in [6, 6.07) is 20.3. The minimum Gasteiger partial charge on any atom is -0.507 e. The van der Waals surface area contributed by atoms with Crippen molar-refractivity contribution in [2.75, 3.05) is 13.2 Å². The van der Waals surface area contributed by atoms with Gasteiger partial charge in [0.1, 0.15) is 12.4 Å². The van der Waals surface area contributed by atoms with E-state index in [2.05, 4.69) is 41.4 Å². The van der Waals surface area contributed by atoms with Crippen molar-refractivity contribution in [2.24, 2.45) is 0 Å². The molecule has 1 amide bonds. The molecule has 1 aliphatic carbocycles. The number of nitrogens with one attached hydrogen (secondary N) is 1. The van der Waals surface area contributed by atoms with Crippen LogP contribution in [0, 0.1) is 11.8 Å². The SMILES string of the molecule is O=C(NCCC#Cc1ccc(C(=O)O)cc1O)OCC1c2ccccc2-c2ccccc21. The normalized spacial score (nSPS) is 11.6. The van der Waals surface area contributed by atoms with Gasteiger partial charge in [-0.3, -0.25) is 0 Å². The Morgan fingerprint density at radius 3 is 2.25 bits per heavy atom. The number of hydrogen-bond acceptors (Lipinski definition) is 4. The first-order valence-corrected chi connectivity index (χ1v) is 10.2. The van der Waals surface area contributed by atoms with E-state index in [9.17, 15) is 14.7 Å². The van der Waals surface area contributed by atoms with Crippen molar-refractivity contribution in [3.63, 3.8) is 0 Å². The third kappa shape index (κ3) is 4.42. The van der Waals surface area contributed by atoms with Crippen LogP contribution in [0.15, 0.2) is 66.7 Å². The molecule has 0 unspecified atom stereocenters. The van der Waals surface area contributed by atoms with Gasteiger partial charge in [-0.05, 0) is 40.5 Å². The monoisotopic (exact) mass is 427 g/mol. The number of amides is 1. The zero-order valence-corrected chi connectivity index (χ0v) is 17.2. The number of phenolic OH excluding ortho intramolecular Hbond substituents is 1. The summed E-state index contributed by atoms with van der Waals surface area (Å²) in [5, 5.41) is 21.4. The van der Waals surface area contributed by atoms with Crippen LogP contribution in [-0.2, 0) is 4.74 Å². The second-order valence-corrected chi connectivity index (χ2v) is 7.34. The Balaban J connectivity index is 1.28. The molecule has 0 heterocycles. The number of carbonyl (C=O) groups is 2. The predicted molar refractivity (Wildman–Crippen MR) is 120 cm³/mol. The number of aromatic hydroxyl groups is 1. The van der Waals surface area contributed by atoms with Gasteiger partial charge in [0.25, 0.3) is 0 Å². The number of fused-ring (bicyclic) bond motifs is 3. The standard InChI is InChI=1S/C26H21NO5/c28-24-15-18(25(29)30)13-12-17(24)7-5-6-14-27-26(31)32-16-23-21-10-3-1-8-19(21)20-9-2-4-11-22(20)23/h1-4,8-13,15,23,28H,6,14,16H2,(H,27,31)(H,29,30). The summed E-state index contributed by atoms with van der Waals surface area (Å²) in [5.74, 6) is 4.30. The van der Waals surface area contributed by atoms with Crippen molar-refractivity contribution in [1.82, 2.24) is 5.32 Å². The molecule has 0 atom stereocenters. The lowest BCUT2D eigenvalue weighted by atomic mass is 9.98. The van der Waals surface area contributed by atoms with Gasteiger partial charge in [-0.2, -0.15) is 0 Å². The molecule has 0 radical (unpaired) electrons. The Morgan fingerprint density at radius 1 is 0.969 bits per heavy atom. The van der Waals surface area contributed by atoms with Gasteiger partial charge in [0.2, 0.25) is 0 Å². The third-order valence-electron chi connectivity index (χ3n) is 5.33. The number of alkyl carbamates (subject to hydrolysis) is 1. The van der Waals surface area contributed by atoms with E-state index in [0.717, 1.165) is 17.2 Å². The molecule has 0 spiro atoms. The number of hydrogen-bond donors (Lipinski definition) is 3. The molecule has 32 heavy (non-hydrogen) atoms. The highest BCUT2D eigenvalue weighted by Gasteiger charge is 2.28. The zero-order valence-electron chi connectivity index (χ0n) is 17.2. The van der Waals surface area contributed by atoms with E-state index in [4.69, 9.17) is 9.84 Å². The maximum Gasteiger partial charge on any atom is 0.407 e. The summed E-state index contributed by atoms with van der Waals surface area (Å²) in [4.78, 5) is 23.0. The molecular formula is C26H21NO5. The van der Waals surface area contributed by atoms with Gasteiger partial charge in [0.05, 0.1) is 11.1 Å². The molecule has 0 saturated carbocycles. The summed E-state index contributed by atoms with van der Waals surface area (Å²) >= 11 is 0. The van der Waals surface area contributed by atoms with Crippen molar-refractivity contribution < 1.29 is 24.5 Å². The maximum absolute atomic E-state index is 12.1. The highest BCUT2D eigenvalue weighted by atomic mass is 16.5. The average molecular weight is 427 g/mol. The second kappa shape index (κ2) is 9.27. The number of ether oxygens (including phenoxy) is 1. The molecule has 0 aliphatic heterocycles. The van der Waals surface area contributed by atoms with Crippen molar-refractivity contribution in [2.45, 2.75) is 12.3 Å². The average Bonchev–Trinajstić information content (AvgIpc) is 3.12. The fourth-order valence-corrected chi connectivity index (χ4v) is 3.80. The van der Waals surface area contributed by atoms with E-state index in [-0.39, 0.29) is 30.4 Å². The van der Waals surface area contributed by atoms with E-state index in [0.29, 0.717) is 12.0 Å². The summed E-state index contributed by atoms with van der Waals surface area (Å²) in [6.45, 7) is 0.535. The van der Waals surface area contributed by atoms with Crippen molar-refractivity contribution >= 4 is 12.1 Å². The minimum absolute atomic E-state index is 0.00434. The van der Waals surface area contributed by atoms with Gasteiger partial charge in [-0.15, -0.1) is 0 Å². The van der Waals surface area contributed by atoms with Gasteiger partial charge in [0, 0.05) is 18.9 Å². The van der Waals surface area contributed by atoms with E-state index >= 15 is 0 Å². The van der Waals surface area contributed by atoms with E-state index in [1.54, 1.807) is 0 Å². The van der Waals surface area contributed by atoms with E-state index in [1.165, 1.54) is 23.3 Å². The first-order valence-electron chi connectivity index (χ1n) is 10.2. The maximum atomic E-state index is 12.1. The number of rotatable bonds is 5. The Labute approximate surface area is 185 Å². The number of benzene rings is 3. The lowest BCUT2D eigenvalue weighted by molar-refractivity contribution is 0.0696. The Hall–Kier alpha value is -4.24. The first-order chi connectivity index (χ1) is 15.5. The van der Waals surface area contributed by atoms with E-state index < -0.39 is 12.1 Å². The summed E-state index contributed by atoms with van der Waals surface area (Å²) in [6.07, 6.45) is -0.160. The molecule has 1 aliphatic rings. The molecule has 3 N–H and O–H groups in total. The summed E-state index contributed by atoms with van der Waals surface area (Å²) < 4.78 is 5.47. The molecule has 6 nitrogen and oxygen atoms in total. The second-order valence-electron chi connectivity index (χ2n) is 7.34. The Bertz CT molecular complexity index is 1190. The number of carboxylic acid groups (broad SMARTS) is 1. The highest BCUT2D eigenvalue weighted by Crippen LogP contribution is 2.44. The lowest BCUT2D eigenvalue weighted by Gasteiger charge is -2.14. The molecule has 0 bridgehead atoms. The van der Waals surface area contributed by atoms with Crippen LogP contribution in [0.2, 0.25) is 0 Å². The molecule has 0 saturated heterocycles. The van der Waals surface area contributed by atoms with Crippen LogP contribution < -0.4 is 5.32 Å². The van der Waals surface area contributed by atoms with Gasteiger partial charge in [0.15, 0.2) is 0 Å². The number of carbonyl (C=O) groups excluding carboxylic acids is 1. The molecule has 6 heteroatoms. The number of aromatic carboxylic acids is 1. The molecule has 4 rings (SSSR count). The molecule has 0 aromatic heterocycles. The fourth-order valence-electron chi connectivity index (χ4n) is 3.80. The minimum atomic E-state index is -1.12. The Morgan fingerprint density at radius 2 is 1.62 bits per heavy atom. The van der Waals surface area contributed by atoms with Gasteiger partial charge < -0.3 is 20.3 Å². The highest BCUT2D eigenvalue weighted by molar-refractivity contribution is 5.88. The summed E-state index contributed by atoms with van der Waals surface area (Å²) in [5.41, 5.74) is 4.97. The predicted octanol–water partition coefficient (Wildman–Crippen LogP) is 4.37. The van der Waals surface area contributed by atoms with Crippen molar-refractivity contribution in [3.05, 3.63) is 89.0 Å². The molecular weight excluding hydrogens is 406 g/mol. The molecule has 0 fully saturated rings. The quantitative estimate of drug-likeness (QED) is 0.415. The topological polar surface area (TPSA) is 95.9 Å². The van der Waals surface area contributed by atoms with Crippen LogP contribution >= 0.6 is 0 Å². The fraction of sp³-hybridized carbons (Fsp3) is 0.154. The summed E-state index contributed by atoms with van der Waals surface area (Å²) in [7, 11) is 0. The van der Waals surface area contributed by atoms with Crippen LogP contribution in [0.4, 0.5) is 4.79 Å². The lowest BCUT2D eigenvalue weighted by Crippen LogP contribution is -2.26. The smallest absolute Gasteiger partial charge is 0.407 e. The van der Waals surface area contributed by atoms with Crippen LogP contribution in [-0.4, -0.2) is 35.4 Å². The molecule has 3 aromatic rings. The largest absolute Gasteiger partial charge is 0.507 e. The molecule has 3 aromatic carbocycles. The van der Waals surface area contributed by atoms with Crippen LogP contribution in [0.1, 0.15) is 39.4 Å². The third-order valence-corrected chi connectivity index (χ3v) is 5.33. The van der Waals surface area contributed by atoms with Crippen LogP contribution in [0.25, 0.3) is 11.1 Å². The number of phenols is 1. The molecule has 160 valence electrons.